The zero-order valence-corrected chi connectivity index (χ0v) is 17.0. The number of anilines is 1. The minimum Gasteiger partial charge on any atom is -0.452 e. The van der Waals surface area contributed by atoms with Gasteiger partial charge in [0.1, 0.15) is 0 Å². The lowest BCUT2D eigenvalue weighted by atomic mass is 10.0. The molecule has 2 aromatic carbocycles. The Morgan fingerprint density at radius 3 is 2.16 bits per heavy atom. The maximum Gasteiger partial charge on any atom is 0.416 e. The predicted octanol–water partition coefficient (Wildman–Crippen LogP) is 4.03. The average Bonchev–Trinajstić information content (AvgIpc) is 2.67. The second kappa shape index (κ2) is 10.2. The van der Waals surface area contributed by atoms with Crippen LogP contribution in [0, 0.1) is 0 Å². The fourth-order valence-electron chi connectivity index (χ4n) is 2.57. The second-order valence-corrected chi connectivity index (χ2v) is 6.95. The number of carbonyl (C=O) groups is 3. The molecule has 0 unspecified atom stereocenters. The molecule has 0 radical (unpaired) electrons. The highest BCUT2D eigenvalue weighted by atomic mass is 35.5. The van der Waals surface area contributed by atoms with Gasteiger partial charge in [0.2, 0.25) is 0 Å². The van der Waals surface area contributed by atoms with Crippen LogP contribution in [0.1, 0.15) is 30.5 Å². The molecule has 0 aromatic heterocycles. The quantitative estimate of drug-likeness (QED) is 0.545. The zero-order valence-electron chi connectivity index (χ0n) is 16.2. The molecule has 0 bridgehead atoms. The number of alkyl halides is 3. The molecule has 0 saturated heterocycles. The van der Waals surface area contributed by atoms with E-state index in [1.54, 1.807) is 24.3 Å². The Balaban J connectivity index is 1.96. The van der Waals surface area contributed by atoms with E-state index in [1.165, 1.54) is 6.92 Å². The molecular weight excluding hydrogens is 439 g/mol. The summed E-state index contributed by atoms with van der Waals surface area (Å²) in [5.41, 5.74) is 4.94. The van der Waals surface area contributed by atoms with Gasteiger partial charge in [-0.3, -0.25) is 9.59 Å². The summed E-state index contributed by atoms with van der Waals surface area (Å²) in [7, 11) is 0. The van der Waals surface area contributed by atoms with Gasteiger partial charge in [0, 0.05) is 10.7 Å². The first kappa shape index (κ1) is 24.0. The molecular formula is C20H19ClF3N3O4. The number of esters is 1. The van der Waals surface area contributed by atoms with E-state index in [0.717, 1.165) is 24.3 Å². The number of hydrogen-bond acceptors (Lipinski definition) is 4. The van der Waals surface area contributed by atoms with Gasteiger partial charge >= 0.3 is 18.2 Å². The lowest BCUT2D eigenvalue weighted by Gasteiger charge is -2.19. The highest BCUT2D eigenvalue weighted by Gasteiger charge is 2.30. The number of rotatable bonds is 7. The Morgan fingerprint density at radius 1 is 1.06 bits per heavy atom. The standard InChI is InChI=1S/C20H19ClF3N3O4/c1-11(18(29)26-15-8-4-13(5-9-15)20(22,23)24)31-17(28)10-16(27-19(25)30)12-2-6-14(21)7-3-12/h2-9,11,16H,10H2,1H3,(H,26,29)(H3,25,27,30)/t11-,16+/m1/s1. The van der Waals surface area contributed by atoms with Crippen molar-refractivity contribution in [2.45, 2.75) is 31.7 Å². The largest absolute Gasteiger partial charge is 0.452 e. The van der Waals surface area contributed by atoms with E-state index in [4.69, 9.17) is 22.1 Å². The summed E-state index contributed by atoms with van der Waals surface area (Å²) in [6.07, 6.45) is -6.05. The summed E-state index contributed by atoms with van der Waals surface area (Å²) in [5.74, 6) is -1.54. The summed E-state index contributed by atoms with van der Waals surface area (Å²) in [6, 6.07) is 8.46. The Labute approximate surface area is 180 Å². The number of urea groups is 1. The summed E-state index contributed by atoms with van der Waals surface area (Å²) in [5, 5.41) is 5.23. The Bertz CT molecular complexity index is 934. The number of carbonyl (C=O) groups excluding carboxylic acids is 3. The van der Waals surface area contributed by atoms with Crippen LogP contribution < -0.4 is 16.4 Å². The van der Waals surface area contributed by atoms with Gasteiger partial charge < -0.3 is 21.1 Å². The maximum atomic E-state index is 12.6. The number of nitrogens with two attached hydrogens (primary N) is 1. The van der Waals surface area contributed by atoms with Crippen molar-refractivity contribution < 1.29 is 32.3 Å². The third kappa shape index (κ3) is 7.49. The molecule has 7 nitrogen and oxygen atoms in total. The first-order chi connectivity index (χ1) is 14.5. The number of hydrogen-bond donors (Lipinski definition) is 3. The van der Waals surface area contributed by atoms with Gasteiger partial charge in [-0.05, 0) is 48.9 Å². The monoisotopic (exact) mass is 457 g/mol. The van der Waals surface area contributed by atoms with Crippen LogP contribution in [0.15, 0.2) is 48.5 Å². The molecule has 0 aliphatic rings. The van der Waals surface area contributed by atoms with Gasteiger partial charge in [-0.15, -0.1) is 0 Å². The lowest BCUT2D eigenvalue weighted by molar-refractivity contribution is -0.153. The van der Waals surface area contributed by atoms with Crippen LogP contribution in [0.5, 0.6) is 0 Å². The van der Waals surface area contributed by atoms with Crippen molar-refractivity contribution in [2.24, 2.45) is 5.73 Å². The zero-order chi connectivity index (χ0) is 23.2. The van der Waals surface area contributed by atoms with Crippen molar-refractivity contribution in [1.29, 1.82) is 0 Å². The first-order valence-corrected chi connectivity index (χ1v) is 9.32. The highest BCUT2D eigenvalue weighted by Crippen LogP contribution is 2.29. The minimum atomic E-state index is -4.50. The van der Waals surface area contributed by atoms with Gasteiger partial charge in [-0.25, -0.2) is 4.79 Å². The van der Waals surface area contributed by atoms with Crippen molar-refractivity contribution in [1.82, 2.24) is 5.32 Å². The highest BCUT2D eigenvalue weighted by molar-refractivity contribution is 6.30. The second-order valence-electron chi connectivity index (χ2n) is 6.51. The van der Waals surface area contributed by atoms with Gasteiger partial charge in [0.05, 0.1) is 18.0 Å². The molecule has 3 amide bonds. The van der Waals surface area contributed by atoms with Gasteiger partial charge in [0.25, 0.3) is 5.91 Å². The van der Waals surface area contributed by atoms with Crippen LogP contribution in [0.3, 0.4) is 0 Å². The molecule has 0 fully saturated rings. The Kier molecular flexibility index (Phi) is 7.87. The van der Waals surface area contributed by atoms with Crippen molar-refractivity contribution in [3.8, 4) is 0 Å². The Hall–Kier alpha value is -3.27. The van der Waals surface area contributed by atoms with E-state index in [1.807, 2.05) is 0 Å². The van der Waals surface area contributed by atoms with Crippen molar-refractivity contribution in [2.75, 3.05) is 5.32 Å². The number of benzene rings is 2. The molecule has 0 saturated carbocycles. The molecule has 2 rings (SSSR count). The third-order valence-electron chi connectivity index (χ3n) is 4.12. The van der Waals surface area contributed by atoms with Crippen LogP contribution in [0.2, 0.25) is 5.02 Å². The van der Waals surface area contributed by atoms with Crippen LogP contribution in [-0.4, -0.2) is 24.0 Å². The normalized spacial score (nSPS) is 13.1. The van der Waals surface area contributed by atoms with Crippen LogP contribution in [0.4, 0.5) is 23.7 Å². The molecule has 11 heteroatoms. The van der Waals surface area contributed by atoms with Crippen LogP contribution in [-0.2, 0) is 20.5 Å². The summed E-state index contributed by atoms with van der Waals surface area (Å²) in [4.78, 5) is 35.7. The molecule has 0 spiro atoms. The molecule has 166 valence electrons. The van der Waals surface area contributed by atoms with Crippen molar-refractivity contribution in [3.63, 3.8) is 0 Å². The fraction of sp³-hybridized carbons (Fsp3) is 0.250. The molecule has 0 aliphatic heterocycles. The van der Waals surface area contributed by atoms with E-state index >= 15 is 0 Å². The Morgan fingerprint density at radius 2 is 1.65 bits per heavy atom. The van der Waals surface area contributed by atoms with Gasteiger partial charge in [-0.1, -0.05) is 23.7 Å². The summed E-state index contributed by atoms with van der Waals surface area (Å²) < 4.78 is 42.9. The number of amides is 3. The van der Waals surface area contributed by atoms with Crippen LogP contribution >= 0.6 is 11.6 Å². The minimum absolute atomic E-state index is 0.107. The molecule has 2 aromatic rings. The van der Waals surface area contributed by atoms with E-state index in [2.05, 4.69) is 10.6 Å². The first-order valence-electron chi connectivity index (χ1n) is 8.94. The molecule has 0 aliphatic carbocycles. The summed E-state index contributed by atoms with van der Waals surface area (Å²) >= 11 is 5.83. The predicted molar refractivity (Wildman–Crippen MR) is 107 cm³/mol. The smallest absolute Gasteiger partial charge is 0.416 e. The number of halogens is 4. The van der Waals surface area contributed by atoms with Crippen molar-refractivity contribution >= 4 is 35.2 Å². The van der Waals surface area contributed by atoms with E-state index in [0.29, 0.717) is 10.6 Å². The maximum absolute atomic E-state index is 12.6. The molecule has 4 N–H and O–H groups in total. The number of nitrogens with one attached hydrogen (secondary N) is 2. The fourth-order valence-corrected chi connectivity index (χ4v) is 2.70. The molecule has 31 heavy (non-hydrogen) atoms. The molecule has 0 heterocycles. The summed E-state index contributed by atoms with van der Waals surface area (Å²) in [6.45, 7) is 1.30. The van der Waals surface area contributed by atoms with E-state index in [-0.39, 0.29) is 12.1 Å². The SMILES string of the molecule is C[C@@H](OC(=O)C[C@H](NC(N)=O)c1ccc(Cl)cc1)C(=O)Nc1ccc(C(F)(F)F)cc1. The van der Waals surface area contributed by atoms with E-state index in [9.17, 15) is 27.6 Å². The average molecular weight is 458 g/mol. The van der Waals surface area contributed by atoms with Crippen molar-refractivity contribution in [3.05, 3.63) is 64.7 Å². The third-order valence-corrected chi connectivity index (χ3v) is 4.37. The van der Waals surface area contributed by atoms with E-state index < -0.39 is 41.8 Å². The molecule has 2 atom stereocenters. The lowest BCUT2D eigenvalue weighted by Crippen LogP contribution is -2.36. The number of primary amides is 1. The van der Waals surface area contributed by atoms with Gasteiger partial charge in [-0.2, -0.15) is 13.2 Å². The van der Waals surface area contributed by atoms with Gasteiger partial charge in [0.15, 0.2) is 6.10 Å². The topological polar surface area (TPSA) is 111 Å². The van der Waals surface area contributed by atoms with Crippen LogP contribution in [0.25, 0.3) is 0 Å². The number of ether oxygens (including phenoxy) is 1.